The molecule has 0 aliphatic carbocycles. The zero-order valence-corrected chi connectivity index (χ0v) is 14.0. The molecule has 132 valence electrons. The maximum absolute atomic E-state index is 12.3. The number of anilines is 1. The van der Waals surface area contributed by atoms with Crippen molar-refractivity contribution in [3.63, 3.8) is 0 Å². The van der Waals surface area contributed by atoms with Gasteiger partial charge in [-0.3, -0.25) is 24.2 Å². The third kappa shape index (κ3) is 3.53. The summed E-state index contributed by atoms with van der Waals surface area (Å²) in [5.74, 6) is -1.72. The minimum Gasteiger partial charge on any atom is -0.326 e. The molecular weight excluding hydrogens is 324 g/mol. The molecule has 0 atom stereocenters. The zero-order valence-electron chi connectivity index (χ0n) is 14.0. The highest BCUT2D eigenvalue weighted by Crippen LogP contribution is 2.21. The van der Waals surface area contributed by atoms with Crippen LogP contribution in [-0.4, -0.2) is 65.3 Å². The summed E-state index contributed by atoms with van der Waals surface area (Å²) < 4.78 is 0. The van der Waals surface area contributed by atoms with Crippen LogP contribution in [0.2, 0.25) is 0 Å². The van der Waals surface area contributed by atoms with E-state index in [1.807, 2.05) is 35.2 Å². The number of nitrogens with zero attached hydrogens (tertiary/aromatic N) is 3. The van der Waals surface area contributed by atoms with Crippen LogP contribution in [0.1, 0.15) is 12.8 Å². The number of rotatable bonds is 4. The number of piperidine rings is 1. The number of nitrogens with one attached hydrogen (secondary N) is 1. The van der Waals surface area contributed by atoms with Crippen LogP contribution in [0.4, 0.5) is 10.5 Å². The number of likely N-dealkylation sites (tertiary alicyclic amines) is 1. The highest BCUT2D eigenvalue weighted by Gasteiger charge is 2.43. The fourth-order valence-corrected chi connectivity index (χ4v) is 3.04. The van der Waals surface area contributed by atoms with Crippen LogP contribution in [0.15, 0.2) is 30.3 Å². The quantitative estimate of drug-likeness (QED) is 0.642. The van der Waals surface area contributed by atoms with Crippen LogP contribution < -0.4 is 5.32 Å². The highest BCUT2D eigenvalue weighted by molar-refractivity contribution is 6.44. The average molecular weight is 344 g/mol. The molecule has 25 heavy (non-hydrogen) atoms. The Balaban J connectivity index is 1.50. The first-order valence-corrected chi connectivity index (χ1v) is 8.19. The van der Waals surface area contributed by atoms with Gasteiger partial charge < -0.3 is 5.32 Å². The van der Waals surface area contributed by atoms with E-state index in [4.69, 9.17) is 0 Å². The number of hydrogen-bond acceptors (Lipinski definition) is 5. The molecule has 2 aliphatic rings. The smallest absolute Gasteiger partial charge is 0.326 e. The number of carbonyl (C=O) groups excluding carboxylic acids is 4. The van der Waals surface area contributed by atoms with Crippen molar-refractivity contribution in [3.8, 4) is 0 Å². The van der Waals surface area contributed by atoms with Crippen molar-refractivity contribution >= 4 is 29.4 Å². The number of benzene rings is 1. The molecule has 1 aromatic carbocycles. The lowest BCUT2D eigenvalue weighted by atomic mass is 9.96. The van der Waals surface area contributed by atoms with Crippen molar-refractivity contribution in [2.75, 3.05) is 32.1 Å². The SMILES string of the molecule is CN1C(=O)C(=O)N(CN2CCC(C(=O)Nc3ccccc3)CC2)C1=O. The van der Waals surface area contributed by atoms with Crippen LogP contribution in [0.25, 0.3) is 0 Å². The summed E-state index contributed by atoms with van der Waals surface area (Å²) in [6, 6.07) is 8.69. The Hall–Kier alpha value is -2.74. The fourth-order valence-electron chi connectivity index (χ4n) is 3.04. The predicted molar refractivity (Wildman–Crippen MR) is 89.2 cm³/mol. The molecule has 0 saturated carbocycles. The normalized spacial score (nSPS) is 19.6. The van der Waals surface area contributed by atoms with E-state index < -0.39 is 17.8 Å². The van der Waals surface area contributed by atoms with Gasteiger partial charge >= 0.3 is 17.8 Å². The topological polar surface area (TPSA) is 90.0 Å². The average Bonchev–Trinajstić information content (AvgIpc) is 2.81. The number of likely N-dealkylation sites (N-methyl/N-ethyl adjacent to an activating group) is 1. The van der Waals surface area contributed by atoms with Gasteiger partial charge in [-0.05, 0) is 25.0 Å². The third-order valence-corrected chi connectivity index (χ3v) is 4.59. The lowest BCUT2D eigenvalue weighted by Crippen LogP contribution is -2.46. The van der Waals surface area contributed by atoms with Crippen molar-refractivity contribution in [2.24, 2.45) is 5.92 Å². The van der Waals surface area contributed by atoms with E-state index in [0.29, 0.717) is 25.9 Å². The number of hydrogen-bond donors (Lipinski definition) is 1. The lowest BCUT2D eigenvalue weighted by Gasteiger charge is -2.32. The summed E-state index contributed by atoms with van der Waals surface area (Å²) in [5, 5.41) is 2.90. The maximum Gasteiger partial charge on any atom is 0.335 e. The third-order valence-electron chi connectivity index (χ3n) is 4.59. The highest BCUT2D eigenvalue weighted by atomic mass is 16.2. The van der Waals surface area contributed by atoms with Gasteiger partial charge in [0.2, 0.25) is 5.91 Å². The minimum absolute atomic E-state index is 0.0194. The fraction of sp³-hybridized carbons (Fsp3) is 0.412. The monoisotopic (exact) mass is 344 g/mol. The largest absolute Gasteiger partial charge is 0.335 e. The molecule has 0 unspecified atom stereocenters. The van der Waals surface area contributed by atoms with E-state index in [-0.39, 0.29) is 18.5 Å². The molecule has 2 aliphatic heterocycles. The van der Waals surface area contributed by atoms with Gasteiger partial charge in [0.15, 0.2) is 0 Å². The second-order valence-corrected chi connectivity index (χ2v) is 6.27. The van der Waals surface area contributed by atoms with Gasteiger partial charge in [0.05, 0.1) is 6.67 Å². The summed E-state index contributed by atoms with van der Waals surface area (Å²) >= 11 is 0. The summed E-state index contributed by atoms with van der Waals surface area (Å²) in [6.45, 7) is 1.25. The number of urea groups is 1. The van der Waals surface area contributed by atoms with E-state index in [1.54, 1.807) is 0 Å². The van der Waals surface area contributed by atoms with Gasteiger partial charge in [-0.15, -0.1) is 0 Å². The molecule has 8 nitrogen and oxygen atoms in total. The molecule has 5 amide bonds. The first-order valence-electron chi connectivity index (χ1n) is 8.19. The van der Waals surface area contributed by atoms with E-state index in [2.05, 4.69) is 5.32 Å². The van der Waals surface area contributed by atoms with E-state index in [1.165, 1.54) is 7.05 Å². The summed E-state index contributed by atoms with van der Waals surface area (Å²) in [6.07, 6.45) is 1.28. The molecule has 0 spiro atoms. The molecule has 2 saturated heterocycles. The summed E-state index contributed by atoms with van der Waals surface area (Å²) in [7, 11) is 1.29. The molecule has 0 bridgehead atoms. The zero-order chi connectivity index (χ0) is 18.0. The van der Waals surface area contributed by atoms with Crippen molar-refractivity contribution in [3.05, 3.63) is 30.3 Å². The Bertz CT molecular complexity index is 698. The molecule has 0 radical (unpaired) electrons. The van der Waals surface area contributed by atoms with Gasteiger partial charge in [0, 0.05) is 31.7 Å². The van der Waals surface area contributed by atoms with Crippen LogP contribution in [0.3, 0.4) is 0 Å². The van der Waals surface area contributed by atoms with E-state index in [9.17, 15) is 19.2 Å². The molecule has 0 aromatic heterocycles. The molecule has 3 rings (SSSR count). The predicted octanol–water partition coefficient (Wildman–Crippen LogP) is 0.715. The molecule has 1 N–H and O–H groups in total. The Morgan fingerprint density at radius 1 is 1.08 bits per heavy atom. The van der Waals surface area contributed by atoms with Gasteiger partial charge in [-0.1, -0.05) is 18.2 Å². The van der Waals surface area contributed by atoms with Crippen LogP contribution in [0.5, 0.6) is 0 Å². The van der Waals surface area contributed by atoms with Crippen molar-refractivity contribution in [2.45, 2.75) is 12.8 Å². The van der Waals surface area contributed by atoms with Crippen LogP contribution >= 0.6 is 0 Å². The standard InChI is InChI=1S/C17H20N4O4/c1-19-15(23)16(24)21(17(19)25)11-20-9-7-12(8-10-20)14(22)18-13-5-3-2-4-6-13/h2-6,12H,7-11H2,1H3,(H,18,22). The second-order valence-electron chi connectivity index (χ2n) is 6.27. The van der Waals surface area contributed by atoms with Crippen LogP contribution in [0, 0.1) is 5.92 Å². The molecule has 8 heteroatoms. The molecular formula is C17H20N4O4. The maximum atomic E-state index is 12.3. The molecule has 2 fully saturated rings. The first kappa shape index (κ1) is 17.1. The van der Waals surface area contributed by atoms with E-state index in [0.717, 1.165) is 15.5 Å². The van der Waals surface area contributed by atoms with Gasteiger partial charge in [-0.25, -0.2) is 9.69 Å². The molecule has 1 aromatic rings. The lowest BCUT2D eigenvalue weighted by molar-refractivity contribution is -0.143. The van der Waals surface area contributed by atoms with Gasteiger partial charge in [-0.2, -0.15) is 0 Å². The Labute approximate surface area is 145 Å². The second kappa shape index (κ2) is 7.02. The number of amides is 5. The number of imide groups is 2. The summed E-state index contributed by atoms with van der Waals surface area (Å²) in [4.78, 5) is 51.2. The first-order chi connectivity index (χ1) is 12.0. The van der Waals surface area contributed by atoms with Gasteiger partial charge in [0.25, 0.3) is 0 Å². The number of para-hydroxylation sites is 1. The van der Waals surface area contributed by atoms with Crippen molar-refractivity contribution < 1.29 is 19.2 Å². The van der Waals surface area contributed by atoms with Gasteiger partial charge in [0.1, 0.15) is 0 Å². The van der Waals surface area contributed by atoms with Crippen molar-refractivity contribution in [1.29, 1.82) is 0 Å². The molecule has 2 heterocycles. The Morgan fingerprint density at radius 3 is 2.28 bits per heavy atom. The summed E-state index contributed by atoms with van der Waals surface area (Å²) in [5.41, 5.74) is 0.768. The number of carbonyl (C=O) groups is 4. The minimum atomic E-state index is -0.804. The van der Waals surface area contributed by atoms with E-state index >= 15 is 0 Å². The van der Waals surface area contributed by atoms with Crippen molar-refractivity contribution in [1.82, 2.24) is 14.7 Å². The Morgan fingerprint density at radius 2 is 1.72 bits per heavy atom. The Kier molecular flexibility index (Phi) is 4.80. The van der Waals surface area contributed by atoms with Crippen LogP contribution in [-0.2, 0) is 14.4 Å².